The Morgan fingerprint density at radius 1 is 1.32 bits per heavy atom. The maximum absolute atomic E-state index is 12.1. The third-order valence-electron chi connectivity index (χ3n) is 2.59. The molecule has 0 unspecified atom stereocenters. The van der Waals surface area contributed by atoms with Gasteiger partial charge in [-0.2, -0.15) is 4.98 Å². The van der Waals surface area contributed by atoms with E-state index in [4.69, 9.17) is 4.52 Å². The van der Waals surface area contributed by atoms with Crippen LogP contribution in [0.2, 0.25) is 0 Å². The van der Waals surface area contributed by atoms with Gasteiger partial charge in [-0.15, -0.1) is 0 Å². The number of aryl methyl sites for hydroxylation is 1. The van der Waals surface area contributed by atoms with Gasteiger partial charge in [0.15, 0.2) is 5.82 Å². The SMILES string of the molecule is CNCCNC(=O)c1ccccc1-c1nc(C)no1. The molecule has 1 aromatic carbocycles. The van der Waals surface area contributed by atoms with Gasteiger partial charge in [0.25, 0.3) is 11.8 Å². The van der Waals surface area contributed by atoms with E-state index < -0.39 is 0 Å². The predicted octanol–water partition coefficient (Wildman–Crippen LogP) is 0.994. The van der Waals surface area contributed by atoms with Gasteiger partial charge in [0, 0.05) is 13.1 Å². The van der Waals surface area contributed by atoms with Crippen LogP contribution in [0.1, 0.15) is 16.2 Å². The summed E-state index contributed by atoms with van der Waals surface area (Å²) in [4.78, 5) is 16.2. The van der Waals surface area contributed by atoms with E-state index in [0.717, 1.165) is 0 Å². The molecule has 0 aliphatic rings. The first-order chi connectivity index (χ1) is 9.22. The van der Waals surface area contributed by atoms with Crippen LogP contribution < -0.4 is 10.6 Å². The summed E-state index contributed by atoms with van der Waals surface area (Å²) in [5.41, 5.74) is 1.17. The molecule has 0 saturated carbocycles. The minimum atomic E-state index is -0.151. The molecule has 0 aliphatic carbocycles. The van der Waals surface area contributed by atoms with Gasteiger partial charge in [0.1, 0.15) is 0 Å². The van der Waals surface area contributed by atoms with Crippen molar-refractivity contribution in [3.8, 4) is 11.5 Å². The van der Waals surface area contributed by atoms with Crippen LogP contribution in [-0.4, -0.2) is 36.2 Å². The van der Waals surface area contributed by atoms with Gasteiger partial charge in [0.05, 0.1) is 11.1 Å². The highest BCUT2D eigenvalue weighted by Gasteiger charge is 2.16. The molecule has 19 heavy (non-hydrogen) atoms. The summed E-state index contributed by atoms with van der Waals surface area (Å²) in [6.45, 7) is 3.02. The normalized spacial score (nSPS) is 10.4. The highest BCUT2D eigenvalue weighted by Crippen LogP contribution is 2.21. The molecule has 6 nitrogen and oxygen atoms in total. The Balaban J connectivity index is 2.23. The Morgan fingerprint density at radius 3 is 2.79 bits per heavy atom. The van der Waals surface area contributed by atoms with E-state index in [0.29, 0.717) is 35.9 Å². The fourth-order valence-electron chi connectivity index (χ4n) is 1.67. The van der Waals surface area contributed by atoms with E-state index in [1.54, 1.807) is 25.1 Å². The number of amides is 1. The van der Waals surface area contributed by atoms with Crippen LogP contribution in [0.3, 0.4) is 0 Å². The van der Waals surface area contributed by atoms with Crippen LogP contribution in [0, 0.1) is 6.92 Å². The minimum absolute atomic E-state index is 0.151. The molecule has 0 aliphatic heterocycles. The number of rotatable bonds is 5. The maximum atomic E-state index is 12.1. The molecule has 6 heteroatoms. The lowest BCUT2D eigenvalue weighted by molar-refractivity contribution is 0.0954. The van der Waals surface area contributed by atoms with Gasteiger partial charge in [0.2, 0.25) is 0 Å². The van der Waals surface area contributed by atoms with Crippen molar-refractivity contribution in [2.24, 2.45) is 0 Å². The van der Waals surface area contributed by atoms with Crippen molar-refractivity contribution in [2.45, 2.75) is 6.92 Å². The molecule has 2 rings (SSSR count). The summed E-state index contributed by atoms with van der Waals surface area (Å²) in [7, 11) is 1.83. The Morgan fingerprint density at radius 2 is 2.11 bits per heavy atom. The fourth-order valence-corrected chi connectivity index (χ4v) is 1.67. The second-order valence-corrected chi connectivity index (χ2v) is 4.05. The number of likely N-dealkylation sites (N-methyl/N-ethyl adjacent to an activating group) is 1. The molecule has 1 aromatic heterocycles. The number of hydrogen-bond acceptors (Lipinski definition) is 5. The molecular weight excluding hydrogens is 244 g/mol. The first kappa shape index (κ1) is 13.2. The monoisotopic (exact) mass is 260 g/mol. The zero-order valence-electron chi connectivity index (χ0n) is 10.9. The van der Waals surface area contributed by atoms with Crippen LogP contribution in [0.4, 0.5) is 0 Å². The van der Waals surface area contributed by atoms with Crippen LogP contribution in [0.5, 0.6) is 0 Å². The topological polar surface area (TPSA) is 80.0 Å². The maximum Gasteiger partial charge on any atom is 0.258 e. The summed E-state index contributed by atoms with van der Waals surface area (Å²) in [5.74, 6) is 0.749. The van der Waals surface area contributed by atoms with Crippen molar-refractivity contribution in [1.82, 2.24) is 20.8 Å². The number of hydrogen-bond donors (Lipinski definition) is 2. The third kappa shape index (κ3) is 3.17. The van der Waals surface area contributed by atoms with Gasteiger partial charge in [-0.25, -0.2) is 0 Å². The summed E-state index contributed by atoms with van der Waals surface area (Å²) in [6.07, 6.45) is 0. The Labute approximate surface area is 111 Å². The number of aromatic nitrogens is 2. The molecule has 2 aromatic rings. The van der Waals surface area contributed by atoms with Crippen molar-refractivity contribution in [2.75, 3.05) is 20.1 Å². The zero-order valence-corrected chi connectivity index (χ0v) is 10.9. The Hall–Kier alpha value is -2.21. The Kier molecular flexibility index (Phi) is 4.25. The molecule has 0 bridgehead atoms. The third-order valence-corrected chi connectivity index (χ3v) is 2.59. The molecule has 0 atom stereocenters. The molecule has 0 radical (unpaired) electrons. The number of benzene rings is 1. The van der Waals surface area contributed by atoms with Gasteiger partial charge in [-0.05, 0) is 26.1 Å². The standard InChI is InChI=1S/C13H16N4O2/c1-9-16-13(19-17-9)11-6-4-3-5-10(11)12(18)15-8-7-14-2/h3-6,14H,7-8H2,1-2H3,(H,15,18). The minimum Gasteiger partial charge on any atom is -0.351 e. The van der Waals surface area contributed by atoms with Crippen LogP contribution in [0.15, 0.2) is 28.8 Å². The number of nitrogens with zero attached hydrogens (tertiary/aromatic N) is 2. The van der Waals surface area contributed by atoms with Crippen molar-refractivity contribution < 1.29 is 9.32 Å². The van der Waals surface area contributed by atoms with E-state index in [1.807, 2.05) is 13.1 Å². The summed E-state index contributed by atoms with van der Waals surface area (Å²) in [5, 5.41) is 9.54. The second kappa shape index (κ2) is 6.10. The van der Waals surface area contributed by atoms with Crippen LogP contribution >= 0.6 is 0 Å². The van der Waals surface area contributed by atoms with Crippen molar-refractivity contribution in [1.29, 1.82) is 0 Å². The average molecular weight is 260 g/mol. The Bertz CT molecular complexity index is 565. The highest BCUT2D eigenvalue weighted by atomic mass is 16.5. The zero-order chi connectivity index (χ0) is 13.7. The smallest absolute Gasteiger partial charge is 0.258 e. The molecule has 0 fully saturated rings. The summed E-state index contributed by atoms with van der Waals surface area (Å²) in [6, 6.07) is 7.17. The fraction of sp³-hybridized carbons (Fsp3) is 0.308. The average Bonchev–Trinajstić information content (AvgIpc) is 2.85. The highest BCUT2D eigenvalue weighted by molar-refractivity contribution is 5.99. The first-order valence-electron chi connectivity index (χ1n) is 6.05. The summed E-state index contributed by atoms with van der Waals surface area (Å²) < 4.78 is 5.11. The molecule has 1 heterocycles. The molecule has 0 spiro atoms. The summed E-state index contributed by atoms with van der Waals surface area (Å²) >= 11 is 0. The van der Waals surface area contributed by atoms with E-state index in [-0.39, 0.29) is 5.91 Å². The van der Waals surface area contributed by atoms with Crippen LogP contribution in [0.25, 0.3) is 11.5 Å². The van der Waals surface area contributed by atoms with Crippen molar-refractivity contribution in [3.63, 3.8) is 0 Å². The molecule has 2 N–H and O–H groups in total. The molecular formula is C13H16N4O2. The van der Waals surface area contributed by atoms with E-state index in [9.17, 15) is 4.79 Å². The molecule has 100 valence electrons. The van der Waals surface area contributed by atoms with Crippen LogP contribution in [-0.2, 0) is 0 Å². The molecule has 0 saturated heterocycles. The van der Waals surface area contributed by atoms with E-state index in [1.165, 1.54) is 0 Å². The second-order valence-electron chi connectivity index (χ2n) is 4.05. The van der Waals surface area contributed by atoms with Gasteiger partial charge < -0.3 is 15.2 Å². The van der Waals surface area contributed by atoms with E-state index >= 15 is 0 Å². The van der Waals surface area contributed by atoms with Gasteiger partial charge in [-0.1, -0.05) is 17.3 Å². The predicted molar refractivity (Wildman–Crippen MR) is 70.7 cm³/mol. The number of nitrogens with one attached hydrogen (secondary N) is 2. The van der Waals surface area contributed by atoms with Gasteiger partial charge in [-0.3, -0.25) is 4.79 Å². The van der Waals surface area contributed by atoms with E-state index in [2.05, 4.69) is 20.8 Å². The van der Waals surface area contributed by atoms with Gasteiger partial charge >= 0.3 is 0 Å². The lowest BCUT2D eigenvalue weighted by atomic mass is 10.1. The quantitative estimate of drug-likeness (QED) is 0.784. The van der Waals surface area contributed by atoms with Crippen molar-refractivity contribution >= 4 is 5.91 Å². The first-order valence-corrected chi connectivity index (χ1v) is 6.05. The number of carbonyl (C=O) groups is 1. The molecule has 1 amide bonds. The van der Waals surface area contributed by atoms with Crippen molar-refractivity contribution in [3.05, 3.63) is 35.7 Å². The largest absolute Gasteiger partial charge is 0.351 e. The lowest BCUT2D eigenvalue weighted by Gasteiger charge is -2.07. The number of carbonyl (C=O) groups excluding carboxylic acids is 1. The lowest BCUT2D eigenvalue weighted by Crippen LogP contribution is -2.30.